The highest BCUT2D eigenvalue weighted by Crippen LogP contribution is 2.20. The molecule has 1 aliphatic rings. The van der Waals surface area contributed by atoms with Crippen LogP contribution >= 0.6 is 12.4 Å². The summed E-state index contributed by atoms with van der Waals surface area (Å²) >= 11 is 0. The molecule has 1 aliphatic heterocycles. The Labute approximate surface area is 104 Å². The van der Waals surface area contributed by atoms with Crippen molar-refractivity contribution in [2.24, 2.45) is 5.92 Å². The molecule has 0 saturated carbocycles. The molecule has 0 amide bonds. The predicted molar refractivity (Wildman–Crippen MR) is 69.5 cm³/mol. The number of nitrogens with one attached hydrogen (secondary N) is 1. The fourth-order valence-electron chi connectivity index (χ4n) is 2.00. The summed E-state index contributed by atoms with van der Waals surface area (Å²) in [5.41, 5.74) is 1.31. The summed E-state index contributed by atoms with van der Waals surface area (Å²) in [5.74, 6) is 1.75. The highest BCUT2D eigenvalue weighted by molar-refractivity contribution is 5.85. The lowest BCUT2D eigenvalue weighted by molar-refractivity contribution is 0.258. The Morgan fingerprint density at radius 3 is 2.88 bits per heavy atom. The van der Waals surface area contributed by atoms with Gasteiger partial charge in [0, 0.05) is 12.5 Å². The minimum atomic E-state index is 0. The fraction of sp³-hybridized carbons (Fsp3) is 0.538. The van der Waals surface area contributed by atoms with Gasteiger partial charge < -0.3 is 10.1 Å². The van der Waals surface area contributed by atoms with Gasteiger partial charge in [0.1, 0.15) is 5.75 Å². The monoisotopic (exact) mass is 241 g/mol. The maximum Gasteiger partial charge on any atom is 0.122 e. The molecule has 1 fully saturated rings. The van der Waals surface area contributed by atoms with Crippen LogP contribution in [0.2, 0.25) is 0 Å². The molecule has 1 saturated heterocycles. The summed E-state index contributed by atoms with van der Waals surface area (Å²) in [6.07, 6.45) is 2.29. The van der Waals surface area contributed by atoms with Crippen molar-refractivity contribution in [3.8, 4) is 5.75 Å². The van der Waals surface area contributed by atoms with Crippen LogP contribution in [0, 0.1) is 5.92 Å². The van der Waals surface area contributed by atoms with Gasteiger partial charge in [-0.3, -0.25) is 0 Å². The Balaban J connectivity index is 0.00000128. The molecule has 2 nitrogen and oxygen atoms in total. The van der Waals surface area contributed by atoms with Crippen LogP contribution in [0.25, 0.3) is 0 Å². The average molecular weight is 242 g/mol. The van der Waals surface area contributed by atoms with Gasteiger partial charge in [-0.1, -0.05) is 25.1 Å². The van der Waals surface area contributed by atoms with E-state index in [1.165, 1.54) is 12.0 Å². The Bertz CT molecular complexity index is 311. The zero-order valence-electron chi connectivity index (χ0n) is 9.74. The molecule has 0 aliphatic carbocycles. The van der Waals surface area contributed by atoms with Gasteiger partial charge in [-0.25, -0.2) is 0 Å². The summed E-state index contributed by atoms with van der Waals surface area (Å²) < 4.78 is 5.87. The minimum Gasteiger partial charge on any atom is -0.493 e. The van der Waals surface area contributed by atoms with Crippen molar-refractivity contribution in [3.05, 3.63) is 29.8 Å². The van der Waals surface area contributed by atoms with E-state index in [-0.39, 0.29) is 12.4 Å². The summed E-state index contributed by atoms with van der Waals surface area (Å²) in [6.45, 7) is 5.26. The van der Waals surface area contributed by atoms with Gasteiger partial charge >= 0.3 is 0 Å². The number of ether oxygens (including phenoxy) is 1. The van der Waals surface area contributed by atoms with E-state index in [1.54, 1.807) is 0 Å². The molecule has 1 aromatic rings. The molecule has 0 aromatic heterocycles. The zero-order valence-corrected chi connectivity index (χ0v) is 10.6. The lowest BCUT2D eigenvalue weighted by atomic mass is 10.1. The van der Waals surface area contributed by atoms with Gasteiger partial charge in [0.25, 0.3) is 0 Å². The lowest BCUT2D eigenvalue weighted by Gasteiger charge is -2.13. The first kappa shape index (κ1) is 13.3. The fourth-order valence-corrected chi connectivity index (χ4v) is 2.00. The quantitative estimate of drug-likeness (QED) is 0.875. The topological polar surface area (TPSA) is 21.3 Å². The van der Waals surface area contributed by atoms with Crippen LogP contribution in [0.5, 0.6) is 5.75 Å². The number of rotatable bonds is 4. The highest BCUT2D eigenvalue weighted by Gasteiger charge is 2.15. The molecule has 1 N–H and O–H groups in total. The van der Waals surface area contributed by atoms with Crippen LogP contribution in [-0.4, -0.2) is 19.7 Å². The molecule has 1 atom stereocenters. The second-order valence-electron chi connectivity index (χ2n) is 4.13. The van der Waals surface area contributed by atoms with Crippen LogP contribution in [-0.2, 0) is 6.42 Å². The van der Waals surface area contributed by atoms with E-state index in [9.17, 15) is 0 Å². The summed E-state index contributed by atoms with van der Waals surface area (Å²) in [5, 5.41) is 3.36. The number of benzene rings is 1. The molecular formula is C13H20ClNO. The predicted octanol–water partition coefficient (Wildman–Crippen LogP) is 2.66. The molecular weight excluding hydrogens is 222 g/mol. The van der Waals surface area contributed by atoms with Crippen LogP contribution in [0.1, 0.15) is 18.9 Å². The molecule has 1 aromatic carbocycles. The van der Waals surface area contributed by atoms with E-state index in [4.69, 9.17) is 4.74 Å². The molecule has 1 heterocycles. The van der Waals surface area contributed by atoms with E-state index in [0.717, 1.165) is 31.9 Å². The van der Waals surface area contributed by atoms with E-state index >= 15 is 0 Å². The maximum absolute atomic E-state index is 5.87. The zero-order chi connectivity index (χ0) is 10.5. The molecule has 2 rings (SSSR count). The van der Waals surface area contributed by atoms with Crippen molar-refractivity contribution in [3.63, 3.8) is 0 Å². The Hall–Kier alpha value is -0.730. The van der Waals surface area contributed by atoms with Gasteiger partial charge in [-0.15, -0.1) is 12.4 Å². The van der Waals surface area contributed by atoms with E-state index in [1.807, 2.05) is 6.07 Å². The van der Waals surface area contributed by atoms with E-state index in [0.29, 0.717) is 5.92 Å². The van der Waals surface area contributed by atoms with Crippen LogP contribution in [0.3, 0.4) is 0 Å². The smallest absolute Gasteiger partial charge is 0.122 e. The highest BCUT2D eigenvalue weighted by atomic mass is 35.5. The van der Waals surface area contributed by atoms with Gasteiger partial charge in [0.15, 0.2) is 0 Å². The Morgan fingerprint density at radius 1 is 1.38 bits per heavy atom. The first-order chi connectivity index (χ1) is 7.40. The molecule has 0 bridgehead atoms. The van der Waals surface area contributed by atoms with Gasteiger partial charge in [0.2, 0.25) is 0 Å². The Morgan fingerprint density at radius 2 is 2.19 bits per heavy atom. The van der Waals surface area contributed by atoms with Crippen molar-refractivity contribution in [1.29, 1.82) is 0 Å². The van der Waals surface area contributed by atoms with Crippen LogP contribution in [0.15, 0.2) is 24.3 Å². The van der Waals surface area contributed by atoms with Gasteiger partial charge in [0.05, 0.1) is 6.61 Å². The molecule has 16 heavy (non-hydrogen) atoms. The summed E-state index contributed by atoms with van der Waals surface area (Å²) in [4.78, 5) is 0. The summed E-state index contributed by atoms with van der Waals surface area (Å²) in [7, 11) is 0. The second-order valence-corrected chi connectivity index (χ2v) is 4.13. The Kier molecular flexibility index (Phi) is 5.64. The lowest BCUT2D eigenvalue weighted by Crippen LogP contribution is -2.15. The van der Waals surface area contributed by atoms with E-state index < -0.39 is 0 Å². The number of halogens is 1. The normalized spacial score (nSPS) is 19.2. The van der Waals surface area contributed by atoms with Crippen molar-refractivity contribution < 1.29 is 4.74 Å². The van der Waals surface area contributed by atoms with Crippen LogP contribution in [0.4, 0.5) is 0 Å². The van der Waals surface area contributed by atoms with Crippen molar-refractivity contribution in [2.75, 3.05) is 19.7 Å². The number of para-hydroxylation sites is 1. The van der Waals surface area contributed by atoms with Gasteiger partial charge in [-0.2, -0.15) is 0 Å². The third-order valence-electron chi connectivity index (χ3n) is 2.99. The standard InChI is InChI=1S/C13H19NO.ClH/c1-2-12-5-3-4-6-13(12)15-10-11-7-8-14-9-11;/h3-6,11,14H,2,7-10H2,1H3;1H. The third kappa shape index (κ3) is 3.39. The number of hydrogen-bond acceptors (Lipinski definition) is 2. The second kappa shape index (κ2) is 6.77. The van der Waals surface area contributed by atoms with Crippen molar-refractivity contribution in [1.82, 2.24) is 5.32 Å². The molecule has 0 spiro atoms. The number of aryl methyl sites for hydroxylation is 1. The molecule has 90 valence electrons. The third-order valence-corrected chi connectivity index (χ3v) is 2.99. The van der Waals surface area contributed by atoms with Crippen molar-refractivity contribution in [2.45, 2.75) is 19.8 Å². The minimum absolute atomic E-state index is 0. The maximum atomic E-state index is 5.87. The van der Waals surface area contributed by atoms with Crippen LogP contribution < -0.4 is 10.1 Å². The number of hydrogen-bond donors (Lipinski definition) is 1. The molecule has 1 unspecified atom stereocenters. The van der Waals surface area contributed by atoms with E-state index in [2.05, 4.69) is 30.4 Å². The van der Waals surface area contributed by atoms with Gasteiger partial charge in [-0.05, 0) is 31.0 Å². The first-order valence-electron chi connectivity index (χ1n) is 5.81. The SMILES string of the molecule is CCc1ccccc1OCC1CCNC1.Cl. The first-order valence-corrected chi connectivity index (χ1v) is 5.81. The summed E-state index contributed by atoms with van der Waals surface area (Å²) in [6, 6.07) is 8.33. The molecule has 3 heteroatoms. The van der Waals surface area contributed by atoms with Crippen molar-refractivity contribution >= 4 is 12.4 Å². The average Bonchev–Trinajstić information content (AvgIpc) is 2.79. The molecule has 0 radical (unpaired) electrons. The largest absolute Gasteiger partial charge is 0.493 e.